The summed E-state index contributed by atoms with van der Waals surface area (Å²) in [6.07, 6.45) is 4.97. The molecule has 1 heterocycles. The monoisotopic (exact) mass is 384 g/mol. The van der Waals surface area contributed by atoms with Crippen molar-refractivity contribution in [3.05, 3.63) is 35.9 Å². The molecule has 0 N–H and O–H groups in total. The number of rotatable bonds is 6. The van der Waals surface area contributed by atoms with E-state index >= 15 is 0 Å². The SMILES string of the molecule is COc1ccc(CN(C)C(=O)CN2C(=O)[C@@H]3[C@H](C2=O)[C@@H]2C=C[C@H]3C2)c(OC)c1. The van der Waals surface area contributed by atoms with Crippen molar-refractivity contribution in [1.29, 1.82) is 0 Å². The summed E-state index contributed by atoms with van der Waals surface area (Å²) in [6, 6.07) is 5.39. The number of amides is 3. The van der Waals surface area contributed by atoms with Crippen LogP contribution in [-0.2, 0) is 20.9 Å². The zero-order valence-electron chi connectivity index (χ0n) is 16.3. The van der Waals surface area contributed by atoms with Crippen molar-refractivity contribution in [1.82, 2.24) is 9.80 Å². The molecule has 3 aliphatic rings. The fourth-order valence-electron chi connectivity index (χ4n) is 4.70. The summed E-state index contributed by atoms with van der Waals surface area (Å²) >= 11 is 0. The fourth-order valence-corrected chi connectivity index (χ4v) is 4.70. The largest absolute Gasteiger partial charge is 0.497 e. The summed E-state index contributed by atoms with van der Waals surface area (Å²) in [5.41, 5.74) is 0.817. The van der Waals surface area contributed by atoms with Crippen molar-refractivity contribution in [2.24, 2.45) is 23.7 Å². The summed E-state index contributed by atoms with van der Waals surface area (Å²) in [5, 5.41) is 0. The first-order chi connectivity index (χ1) is 13.4. The minimum absolute atomic E-state index is 0.146. The average Bonchev–Trinajstić information content (AvgIpc) is 3.38. The quantitative estimate of drug-likeness (QED) is 0.548. The van der Waals surface area contributed by atoms with E-state index in [1.165, 1.54) is 4.90 Å². The van der Waals surface area contributed by atoms with Crippen molar-refractivity contribution in [3.8, 4) is 11.5 Å². The highest BCUT2D eigenvalue weighted by Crippen LogP contribution is 2.52. The van der Waals surface area contributed by atoms with Crippen molar-refractivity contribution >= 4 is 17.7 Å². The first-order valence-corrected chi connectivity index (χ1v) is 9.43. The van der Waals surface area contributed by atoms with E-state index in [-0.39, 0.29) is 47.9 Å². The number of likely N-dealkylation sites (N-methyl/N-ethyl adjacent to an activating group) is 1. The Morgan fingerprint density at radius 3 is 2.32 bits per heavy atom. The molecule has 4 rings (SSSR count). The van der Waals surface area contributed by atoms with Gasteiger partial charge in [-0.2, -0.15) is 0 Å². The van der Waals surface area contributed by atoms with E-state index in [4.69, 9.17) is 9.47 Å². The molecule has 28 heavy (non-hydrogen) atoms. The number of carbonyl (C=O) groups excluding carboxylic acids is 3. The fraction of sp³-hybridized carbons (Fsp3) is 0.476. The molecule has 148 valence electrons. The van der Waals surface area contributed by atoms with Gasteiger partial charge in [-0.25, -0.2) is 0 Å². The second-order valence-corrected chi connectivity index (χ2v) is 7.69. The molecule has 1 saturated heterocycles. The van der Waals surface area contributed by atoms with Crippen molar-refractivity contribution in [2.75, 3.05) is 27.8 Å². The molecule has 1 aliphatic heterocycles. The molecule has 7 nitrogen and oxygen atoms in total. The van der Waals surface area contributed by atoms with E-state index < -0.39 is 0 Å². The maximum Gasteiger partial charge on any atom is 0.242 e. The Labute approximate surface area is 163 Å². The lowest BCUT2D eigenvalue weighted by Gasteiger charge is -2.23. The third-order valence-corrected chi connectivity index (χ3v) is 6.18. The number of ether oxygens (including phenoxy) is 2. The number of hydrogen-bond acceptors (Lipinski definition) is 5. The lowest BCUT2D eigenvalue weighted by Crippen LogP contribution is -2.42. The number of hydrogen-bond donors (Lipinski definition) is 0. The number of benzene rings is 1. The molecule has 2 aliphatic carbocycles. The van der Waals surface area contributed by atoms with E-state index in [0.717, 1.165) is 16.9 Å². The molecule has 7 heteroatoms. The van der Waals surface area contributed by atoms with E-state index in [1.54, 1.807) is 33.4 Å². The van der Waals surface area contributed by atoms with Crippen LogP contribution in [0.25, 0.3) is 0 Å². The Hall–Kier alpha value is -2.83. The maximum atomic E-state index is 12.7. The van der Waals surface area contributed by atoms with Gasteiger partial charge in [0.25, 0.3) is 0 Å². The molecule has 4 atom stereocenters. The van der Waals surface area contributed by atoms with Crippen LogP contribution < -0.4 is 9.47 Å². The predicted molar refractivity (Wildman–Crippen MR) is 100 cm³/mol. The first kappa shape index (κ1) is 18.5. The molecule has 2 bridgehead atoms. The molecule has 0 unspecified atom stereocenters. The van der Waals surface area contributed by atoms with Gasteiger partial charge in [-0.3, -0.25) is 19.3 Å². The van der Waals surface area contributed by atoms with Crippen LogP contribution in [0.15, 0.2) is 30.4 Å². The molecule has 0 aromatic heterocycles. The highest BCUT2D eigenvalue weighted by atomic mass is 16.5. The minimum Gasteiger partial charge on any atom is -0.497 e. The van der Waals surface area contributed by atoms with Crippen LogP contribution >= 0.6 is 0 Å². The average molecular weight is 384 g/mol. The summed E-state index contributed by atoms with van der Waals surface area (Å²) in [7, 11) is 4.79. The third kappa shape index (κ3) is 2.85. The van der Waals surface area contributed by atoms with Gasteiger partial charge in [0.15, 0.2) is 0 Å². The summed E-state index contributed by atoms with van der Waals surface area (Å²) in [6.45, 7) is 0.0982. The Kier molecular flexibility index (Phi) is 4.61. The number of methoxy groups -OCH3 is 2. The van der Waals surface area contributed by atoms with Crippen molar-refractivity contribution in [2.45, 2.75) is 13.0 Å². The van der Waals surface area contributed by atoms with Gasteiger partial charge in [0.2, 0.25) is 17.7 Å². The van der Waals surface area contributed by atoms with E-state index in [0.29, 0.717) is 18.0 Å². The van der Waals surface area contributed by atoms with Crippen LogP contribution in [0.4, 0.5) is 0 Å². The number of imide groups is 1. The molecule has 3 amide bonds. The number of carbonyl (C=O) groups is 3. The van der Waals surface area contributed by atoms with Crippen LogP contribution in [0, 0.1) is 23.7 Å². The van der Waals surface area contributed by atoms with E-state index in [9.17, 15) is 14.4 Å². The van der Waals surface area contributed by atoms with Crippen LogP contribution in [0.1, 0.15) is 12.0 Å². The zero-order chi connectivity index (χ0) is 20.0. The van der Waals surface area contributed by atoms with Gasteiger partial charge in [-0.05, 0) is 30.4 Å². The number of nitrogens with zero attached hydrogens (tertiary/aromatic N) is 2. The molecule has 1 aromatic carbocycles. The summed E-state index contributed by atoms with van der Waals surface area (Å²) < 4.78 is 10.6. The minimum atomic E-state index is -0.278. The van der Waals surface area contributed by atoms with Crippen LogP contribution in [0.5, 0.6) is 11.5 Å². The van der Waals surface area contributed by atoms with Crippen LogP contribution in [-0.4, -0.2) is 55.3 Å². The van der Waals surface area contributed by atoms with Crippen LogP contribution in [0.2, 0.25) is 0 Å². The smallest absolute Gasteiger partial charge is 0.242 e. The van der Waals surface area contributed by atoms with Gasteiger partial charge in [-0.1, -0.05) is 12.2 Å². The van der Waals surface area contributed by atoms with Gasteiger partial charge >= 0.3 is 0 Å². The zero-order valence-corrected chi connectivity index (χ0v) is 16.3. The molecule has 2 fully saturated rings. The van der Waals surface area contributed by atoms with E-state index in [1.807, 2.05) is 18.2 Å². The third-order valence-electron chi connectivity index (χ3n) is 6.18. The lowest BCUT2D eigenvalue weighted by atomic mass is 9.85. The van der Waals surface area contributed by atoms with Crippen molar-refractivity contribution < 1.29 is 23.9 Å². The maximum absolute atomic E-state index is 12.7. The topological polar surface area (TPSA) is 76.2 Å². The summed E-state index contributed by atoms with van der Waals surface area (Å²) in [4.78, 5) is 40.9. The molecule has 1 saturated carbocycles. The lowest BCUT2D eigenvalue weighted by molar-refractivity contribution is -0.146. The van der Waals surface area contributed by atoms with Gasteiger partial charge in [0.05, 0.1) is 26.1 Å². The number of fused-ring (bicyclic) bond motifs is 5. The molecule has 0 radical (unpaired) electrons. The number of allylic oxidation sites excluding steroid dienone is 2. The number of likely N-dealkylation sites (tertiary alicyclic amines) is 1. The Balaban J connectivity index is 1.43. The standard InChI is InChI=1S/C21H24N2O5/c1-22(10-14-6-7-15(27-2)9-16(14)28-3)17(24)11-23-20(25)18-12-4-5-13(8-12)19(18)21(23)26/h4-7,9,12-13,18-19H,8,10-11H2,1-3H3/t12-,13+,18-,19+. The normalized spacial score (nSPS) is 27.3. The second kappa shape index (κ2) is 6.96. The van der Waals surface area contributed by atoms with Gasteiger partial charge < -0.3 is 14.4 Å². The second-order valence-electron chi connectivity index (χ2n) is 7.69. The first-order valence-electron chi connectivity index (χ1n) is 9.43. The Bertz CT molecular complexity index is 834. The Morgan fingerprint density at radius 2 is 1.75 bits per heavy atom. The van der Waals surface area contributed by atoms with E-state index in [2.05, 4.69) is 0 Å². The van der Waals surface area contributed by atoms with Gasteiger partial charge in [0.1, 0.15) is 18.0 Å². The molecule has 0 spiro atoms. The molecular formula is C21H24N2O5. The van der Waals surface area contributed by atoms with Gasteiger partial charge in [-0.15, -0.1) is 0 Å². The molecular weight excluding hydrogens is 360 g/mol. The summed E-state index contributed by atoms with van der Waals surface area (Å²) in [5.74, 6) is 0.346. The van der Waals surface area contributed by atoms with Crippen molar-refractivity contribution in [3.63, 3.8) is 0 Å². The predicted octanol–water partition coefficient (Wildman–Crippen LogP) is 1.47. The Morgan fingerprint density at radius 1 is 1.11 bits per heavy atom. The highest BCUT2D eigenvalue weighted by Gasteiger charge is 2.59. The highest BCUT2D eigenvalue weighted by molar-refractivity contribution is 6.08. The van der Waals surface area contributed by atoms with Crippen LogP contribution in [0.3, 0.4) is 0 Å². The van der Waals surface area contributed by atoms with Gasteiger partial charge in [0, 0.05) is 25.2 Å². The molecule has 1 aromatic rings.